The van der Waals surface area contributed by atoms with Crippen LogP contribution in [0, 0.1) is 0 Å². The number of carboxylic acid groups (broad SMARTS) is 1. The summed E-state index contributed by atoms with van der Waals surface area (Å²) in [5, 5.41) is 14.0. The molecule has 0 aliphatic carbocycles. The van der Waals surface area contributed by atoms with E-state index in [4.69, 9.17) is 64.1 Å². The van der Waals surface area contributed by atoms with E-state index in [0.717, 1.165) is 39.1 Å². The number of carbonyl (C=O) groups excluding carboxylic acids is 1. The first-order valence-corrected chi connectivity index (χ1v) is 34.9. The maximum absolute atomic E-state index is 15.4. The van der Waals surface area contributed by atoms with Crippen LogP contribution in [-0.2, 0) is 23.8 Å². The molecule has 86 heavy (non-hydrogen) atoms. The molecular weight excluding hydrogens is 1390 g/mol. The van der Waals surface area contributed by atoms with Gasteiger partial charge in [-0.15, -0.1) is 0 Å². The Morgan fingerprint density at radius 1 is 0.547 bits per heavy atom. The minimum absolute atomic E-state index is 0.149. The van der Waals surface area contributed by atoms with Crippen molar-refractivity contribution in [3.8, 4) is 0 Å². The lowest BCUT2D eigenvalue weighted by Gasteiger charge is -2.37. The number of aromatic nitrogens is 4. The van der Waals surface area contributed by atoms with E-state index in [-0.39, 0.29) is 45.5 Å². The number of piperidine rings is 2. The number of anilines is 10. The Balaban J connectivity index is 0.000000197. The highest BCUT2D eigenvalue weighted by Crippen LogP contribution is 2.38. The number of esters is 1. The van der Waals surface area contributed by atoms with Crippen LogP contribution in [0.1, 0.15) is 46.5 Å². The Labute approximate surface area is 539 Å². The quantitative estimate of drug-likeness (QED) is 0.0617. The second kappa shape index (κ2) is 33.0. The second-order valence-electron chi connectivity index (χ2n) is 21.0. The summed E-state index contributed by atoms with van der Waals surface area (Å²) in [4.78, 5) is 49.0. The molecule has 0 bridgehead atoms. The van der Waals surface area contributed by atoms with Crippen molar-refractivity contribution < 1.29 is 37.7 Å². The van der Waals surface area contributed by atoms with Gasteiger partial charge in [-0.2, -0.15) is 0 Å². The van der Waals surface area contributed by atoms with Gasteiger partial charge in [-0.3, -0.25) is 19.8 Å². The van der Waals surface area contributed by atoms with Crippen molar-refractivity contribution in [2.45, 2.75) is 63.4 Å². The molecule has 0 atom stereocenters. The van der Waals surface area contributed by atoms with E-state index >= 15 is 4.39 Å². The second-order valence-corrected chi connectivity index (χ2v) is 22.3. The van der Waals surface area contributed by atoms with Crippen LogP contribution in [0.5, 0.6) is 0 Å². The molecule has 2 aromatic heterocycles. The van der Waals surface area contributed by atoms with Gasteiger partial charge in [0.1, 0.15) is 41.8 Å². The number of aliphatic carboxylic acids is 1. The van der Waals surface area contributed by atoms with Gasteiger partial charge < -0.3 is 34.4 Å². The van der Waals surface area contributed by atoms with E-state index in [9.17, 15) is 14.0 Å². The molecule has 4 heterocycles. The lowest BCUT2D eigenvalue weighted by molar-refractivity contribution is -0.161. The lowest BCUT2D eigenvalue weighted by atomic mass is 9.94. The zero-order chi connectivity index (χ0) is 61.5. The molecule has 0 radical (unpaired) electrons. The molecule has 22 heteroatoms. The summed E-state index contributed by atoms with van der Waals surface area (Å²) in [6.07, 6.45) is 7.71. The summed E-state index contributed by atoms with van der Waals surface area (Å²) in [6.45, 7) is 5.98. The van der Waals surface area contributed by atoms with Crippen molar-refractivity contribution in [1.29, 1.82) is 0 Å². The molecule has 6 aromatic carbocycles. The van der Waals surface area contributed by atoms with E-state index in [1.807, 2.05) is 183 Å². The number of halogens is 7. The molecule has 8 aromatic rings. The molecule has 0 unspecified atom stereocenters. The molecule has 2 aliphatic rings. The fraction of sp³-hybridized carbons (Fsp3) is 0.281. The van der Waals surface area contributed by atoms with Gasteiger partial charge in [-0.1, -0.05) is 89.4 Å². The van der Waals surface area contributed by atoms with Crippen LogP contribution < -0.4 is 24.9 Å². The number of alkyl halides is 2. The predicted octanol–water partition coefficient (Wildman–Crippen LogP) is 17.1. The number of hydrogen-bond donors (Lipinski definition) is 2. The van der Waals surface area contributed by atoms with Gasteiger partial charge in [0.15, 0.2) is 11.6 Å². The topological polar surface area (TPSA) is 159 Å². The number of rotatable bonds is 18. The van der Waals surface area contributed by atoms with E-state index in [2.05, 4.69) is 52.5 Å². The van der Waals surface area contributed by atoms with Crippen molar-refractivity contribution in [2.75, 3.05) is 77.5 Å². The molecule has 2 N–H and O–H groups in total. The summed E-state index contributed by atoms with van der Waals surface area (Å²) in [5.41, 5.74) is 2.09. The number of benzene rings is 6. The van der Waals surface area contributed by atoms with Crippen LogP contribution in [0.2, 0.25) is 15.1 Å². The molecule has 0 amide bonds. The van der Waals surface area contributed by atoms with Gasteiger partial charge in [-0.25, -0.2) is 28.3 Å². The standard InChI is InChI=1S/C28H32ClFN4O3.C24H24ClFN4O3.C12H10ClN.I2/c1-27(2,3)37-26(35)19-36-20-28(30)13-15-33(16-14-28)24-17-31-18-25(32-24)34(22-7-5-4-6-8-22)23-11-9-21(29)10-12-23;25-18-6-8-20(9-7-18)30(19-4-2-1-3-5-19)22-15-27-14-21(28-22)29-12-10-24(26,11-13-29)17-33-16-23(31)32;13-10-6-8-12(9-7-10)14-11-4-2-1-3-5-11;1-2/h4-12,17-18H,13-16,19-20H2,1-3H3;1-9,14-15H,10-13,16-17H2,(H,31,32);1-9,14H;. The van der Waals surface area contributed by atoms with Gasteiger partial charge in [0.25, 0.3) is 0 Å². The van der Waals surface area contributed by atoms with Crippen LogP contribution in [0.15, 0.2) is 189 Å². The molecule has 15 nitrogen and oxygen atoms in total. The van der Waals surface area contributed by atoms with E-state index < -0.39 is 35.5 Å². The molecule has 2 aliphatic heterocycles. The Kier molecular flexibility index (Phi) is 25.8. The molecule has 0 saturated carbocycles. The summed E-state index contributed by atoms with van der Waals surface area (Å²) < 4.78 is 46.0. The highest BCUT2D eigenvalue weighted by atomic mass is 128. The largest absolute Gasteiger partial charge is 0.480 e. The van der Waals surface area contributed by atoms with Crippen molar-refractivity contribution in [2.24, 2.45) is 0 Å². The third-order valence-electron chi connectivity index (χ3n) is 13.3. The smallest absolute Gasteiger partial charge is 0.332 e. The average Bonchev–Trinajstić information content (AvgIpc) is 2.24. The fourth-order valence-corrected chi connectivity index (χ4v) is 9.54. The maximum Gasteiger partial charge on any atom is 0.332 e. The molecule has 452 valence electrons. The number of carbonyl (C=O) groups is 2. The van der Waals surface area contributed by atoms with Gasteiger partial charge in [-0.05, 0) is 130 Å². The predicted molar refractivity (Wildman–Crippen MR) is 358 cm³/mol. The van der Waals surface area contributed by atoms with E-state index in [1.165, 1.54) is 0 Å². The number of nitrogens with one attached hydrogen (secondary N) is 1. The van der Waals surface area contributed by atoms with Crippen molar-refractivity contribution in [3.05, 3.63) is 204 Å². The fourth-order valence-electron chi connectivity index (χ4n) is 9.17. The third-order valence-corrected chi connectivity index (χ3v) is 14.1. The first kappa shape index (κ1) is 67.0. The number of nitrogens with zero attached hydrogens (tertiary/aromatic N) is 8. The van der Waals surface area contributed by atoms with Crippen molar-refractivity contribution in [3.63, 3.8) is 0 Å². The summed E-state index contributed by atoms with van der Waals surface area (Å²) >= 11 is 22.2. The maximum atomic E-state index is 15.4. The minimum atomic E-state index is -1.55. The van der Waals surface area contributed by atoms with E-state index in [0.29, 0.717) is 59.5 Å². The Bertz CT molecular complexity index is 3340. The first-order valence-electron chi connectivity index (χ1n) is 27.4. The third kappa shape index (κ3) is 21.1. The summed E-state index contributed by atoms with van der Waals surface area (Å²) in [7, 11) is 0. The van der Waals surface area contributed by atoms with Gasteiger partial charge in [0.2, 0.25) is 0 Å². The minimum Gasteiger partial charge on any atom is -0.480 e. The van der Waals surface area contributed by atoms with Crippen LogP contribution >= 0.6 is 72.0 Å². The molecule has 2 fully saturated rings. The van der Waals surface area contributed by atoms with Crippen LogP contribution in [-0.4, -0.2) is 107 Å². The van der Waals surface area contributed by atoms with Gasteiger partial charge in [0, 0.05) is 138 Å². The van der Waals surface area contributed by atoms with E-state index in [1.54, 1.807) is 45.6 Å². The summed E-state index contributed by atoms with van der Waals surface area (Å²) in [6, 6.07) is 52.4. The van der Waals surface area contributed by atoms with Crippen LogP contribution in [0.4, 0.5) is 66.2 Å². The highest BCUT2D eigenvalue weighted by molar-refractivity contribution is 15.0. The van der Waals surface area contributed by atoms with Crippen LogP contribution in [0.3, 0.4) is 0 Å². The molecule has 2 saturated heterocycles. The van der Waals surface area contributed by atoms with Crippen molar-refractivity contribution >= 4 is 141 Å². The number of carboxylic acids is 1. The van der Waals surface area contributed by atoms with Gasteiger partial charge in [0.05, 0.1) is 38.0 Å². The zero-order valence-electron chi connectivity index (χ0n) is 47.6. The normalized spacial score (nSPS) is 14.1. The zero-order valence-corrected chi connectivity index (χ0v) is 54.2. The SMILES string of the molecule is CC(C)(C)OC(=O)COCC1(F)CCN(c2cncc(N(c3ccccc3)c3ccc(Cl)cc3)n2)CC1.Clc1ccc(Nc2ccccc2)cc1.II.O=C(O)COCC1(F)CCN(c2cncc(N(c3ccccc3)c3ccc(Cl)cc3)n2)CC1. The molecule has 0 spiro atoms. The Morgan fingerprint density at radius 2 is 0.895 bits per heavy atom. The number of para-hydroxylation sites is 3. The van der Waals surface area contributed by atoms with Gasteiger partial charge >= 0.3 is 11.9 Å². The Hall–Kier alpha value is -6.47. The highest BCUT2D eigenvalue weighted by Gasteiger charge is 2.37. The molecular formula is C64H66Cl3F2I2N9O6. The lowest BCUT2D eigenvalue weighted by Crippen LogP contribution is -2.45. The van der Waals surface area contributed by atoms with Crippen molar-refractivity contribution in [1.82, 2.24) is 19.9 Å². The first-order chi connectivity index (χ1) is 41.4. The Morgan fingerprint density at radius 3 is 1.28 bits per heavy atom. The number of ether oxygens (including phenoxy) is 3. The molecule has 10 rings (SSSR count). The van der Waals surface area contributed by atoms with Crippen LogP contribution in [0.25, 0.3) is 0 Å². The number of hydrogen-bond acceptors (Lipinski definition) is 14. The summed E-state index contributed by atoms with van der Waals surface area (Å²) in [5.74, 6) is 0.989. The average molecular weight is 1460 g/mol. The monoisotopic (exact) mass is 1450 g/mol.